The van der Waals surface area contributed by atoms with Gasteiger partial charge in [0.15, 0.2) is 0 Å². The van der Waals surface area contributed by atoms with Crippen LogP contribution in [0.1, 0.15) is 31.4 Å². The minimum Gasteiger partial charge on any atom is -0.346 e. The summed E-state index contributed by atoms with van der Waals surface area (Å²) in [5.41, 5.74) is 3.40. The number of rotatable bonds is 6. The average Bonchev–Trinajstić information content (AvgIpc) is 3.14. The molecule has 0 aromatic carbocycles. The number of nitrogens with zero attached hydrogens (tertiary/aromatic N) is 6. The lowest BCUT2D eigenvalue weighted by atomic mass is 10.2. The van der Waals surface area contributed by atoms with E-state index >= 15 is 0 Å². The number of unbranched alkanes of at least 4 members (excludes halogenated alkanes) is 3. The van der Waals surface area contributed by atoms with Crippen molar-refractivity contribution in [1.29, 1.82) is 5.26 Å². The summed E-state index contributed by atoms with van der Waals surface area (Å²) >= 11 is 0. The highest BCUT2D eigenvalue weighted by atomic mass is 15.4. The van der Waals surface area contributed by atoms with Crippen molar-refractivity contribution in [1.82, 2.24) is 29.9 Å². The van der Waals surface area contributed by atoms with Gasteiger partial charge in [-0.3, -0.25) is 0 Å². The Balaban J connectivity index is 1.79. The molecule has 7 nitrogen and oxygen atoms in total. The topological polar surface area (TPSA) is 96.1 Å². The van der Waals surface area contributed by atoms with Crippen LogP contribution in [0.15, 0.2) is 18.6 Å². The zero-order valence-electron chi connectivity index (χ0n) is 12.5. The monoisotopic (exact) mass is 295 g/mol. The number of aromatic nitrogens is 6. The molecule has 0 radical (unpaired) electrons. The van der Waals surface area contributed by atoms with Gasteiger partial charge in [0.25, 0.3) is 0 Å². The standard InChI is InChI=1S/C15H17N7/c1-11-13(14-12-6-8-17-15(12)19-10-18-14)20-21-22(11)9-5-3-2-4-7-16/h6,8,10H,2-5,9H2,1H3,(H,17,18,19). The Hall–Kier alpha value is -2.75. The maximum atomic E-state index is 8.53. The van der Waals surface area contributed by atoms with E-state index in [0.29, 0.717) is 6.42 Å². The first-order valence-electron chi connectivity index (χ1n) is 7.36. The van der Waals surface area contributed by atoms with Gasteiger partial charge in [0, 0.05) is 24.5 Å². The molecule has 1 N–H and O–H groups in total. The van der Waals surface area contributed by atoms with Crippen molar-refractivity contribution in [2.45, 2.75) is 39.2 Å². The van der Waals surface area contributed by atoms with E-state index in [1.54, 1.807) is 0 Å². The molecule has 0 saturated carbocycles. The minimum absolute atomic E-state index is 0.619. The van der Waals surface area contributed by atoms with Gasteiger partial charge < -0.3 is 4.98 Å². The third kappa shape index (κ3) is 2.68. The summed E-state index contributed by atoms with van der Waals surface area (Å²) < 4.78 is 1.91. The molecule has 0 aliphatic carbocycles. The smallest absolute Gasteiger partial charge is 0.141 e. The first kappa shape index (κ1) is 14.2. The fraction of sp³-hybridized carbons (Fsp3) is 0.400. The van der Waals surface area contributed by atoms with Gasteiger partial charge in [-0.15, -0.1) is 5.10 Å². The number of nitriles is 1. The predicted molar refractivity (Wildman–Crippen MR) is 81.7 cm³/mol. The van der Waals surface area contributed by atoms with Crippen LogP contribution in [0.2, 0.25) is 0 Å². The largest absolute Gasteiger partial charge is 0.346 e. The molecule has 3 aromatic rings. The van der Waals surface area contributed by atoms with Crippen molar-refractivity contribution in [2.75, 3.05) is 0 Å². The number of H-pyrrole nitrogens is 1. The van der Waals surface area contributed by atoms with Crippen LogP contribution in [-0.4, -0.2) is 29.9 Å². The highest BCUT2D eigenvalue weighted by Gasteiger charge is 2.15. The highest BCUT2D eigenvalue weighted by Crippen LogP contribution is 2.25. The summed E-state index contributed by atoms with van der Waals surface area (Å²) in [7, 11) is 0. The number of aryl methyl sites for hydroxylation is 1. The Kier molecular flexibility index (Phi) is 4.10. The van der Waals surface area contributed by atoms with E-state index in [-0.39, 0.29) is 0 Å². The molecule has 3 aromatic heterocycles. The van der Waals surface area contributed by atoms with Crippen LogP contribution in [0.3, 0.4) is 0 Å². The van der Waals surface area contributed by atoms with Crippen LogP contribution < -0.4 is 0 Å². The summed E-state index contributed by atoms with van der Waals surface area (Å²) in [6.45, 7) is 2.82. The second-order valence-electron chi connectivity index (χ2n) is 5.18. The lowest BCUT2D eigenvalue weighted by Gasteiger charge is -2.03. The van der Waals surface area contributed by atoms with Crippen LogP contribution >= 0.6 is 0 Å². The molecule has 0 fully saturated rings. The Morgan fingerprint density at radius 3 is 3.00 bits per heavy atom. The van der Waals surface area contributed by atoms with Crippen LogP contribution in [-0.2, 0) is 6.54 Å². The molecule has 0 atom stereocenters. The first-order valence-corrected chi connectivity index (χ1v) is 7.36. The summed E-state index contributed by atoms with van der Waals surface area (Å²) in [5.74, 6) is 0. The maximum Gasteiger partial charge on any atom is 0.141 e. The van der Waals surface area contributed by atoms with Gasteiger partial charge in [-0.05, 0) is 25.8 Å². The van der Waals surface area contributed by atoms with Crippen molar-refractivity contribution in [2.24, 2.45) is 0 Å². The molecule has 0 amide bonds. The van der Waals surface area contributed by atoms with Gasteiger partial charge in [0.05, 0.1) is 11.8 Å². The van der Waals surface area contributed by atoms with Crippen molar-refractivity contribution in [3.63, 3.8) is 0 Å². The van der Waals surface area contributed by atoms with Gasteiger partial charge in [0.2, 0.25) is 0 Å². The van der Waals surface area contributed by atoms with Crippen LogP contribution in [0, 0.1) is 18.3 Å². The van der Waals surface area contributed by atoms with Crippen LogP contribution in [0.4, 0.5) is 0 Å². The quantitative estimate of drug-likeness (QED) is 0.705. The zero-order chi connectivity index (χ0) is 15.4. The SMILES string of the molecule is Cc1c(-c2ncnc3[nH]ccc23)nnn1CCCCCC#N. The highest BCUT2D eigenvalue weighted by molar-refractivity contribution is 5.89. The van der Waals surface area contributed by atoms with Gasteiger partial charge in [-0.1, -0.05) is 11.6 Å². The Morgan fingerprint density at radius 2 is 2.14 bits per heavy atom. The van der Waals surface area contributed by atoms with E-state index < -0.39 is 0 Å². The predicted octanol–water partition coefficient (Wildman–Crippen LogP) is 2.61. The Bertz CT molecular complexity index is 809. The average molecular weight is 295 g/mol. The summed E-state index contributed by atoms with van der Waals surface area (Å²) in [4.78, 5) is 11.6. The third-order valence-corrected chi connectivity index (χ3v) is 3.72. The van der Waals surface area contributed by atoms with Crippen molar-refractivity contribution < 1.29 is 0 Å². The first-order chi connectivity index (χ1) is 10.8. The molecule has 112 valence electrons. The van der Waals surface area contributed by atoms with Gasteiger partial charge in [0.1, 0.15) is 23.4 Å². The number of aromatic amines is 1. The van der Waals surface area contributed by atoms with E-state index in [2.05, 4.69) is 31.3 Å². The molecule has 0 aliphatic heterocycles. The van der Waals surface area contributed by atoms with Crippen LogP contribution in [0.5, 0.6) is 0 Å². The molecule has 0 saturated heterocycles. The molecule has 0 spiro atoms. The molecule has 0 aliphatic rings. The molecular weight excluding hydrogens is 278 g/mol. The minimum atomic E-state index is 0.619. The molecular formula is C15H17N7. The van der Waals surface area contributed by atoms with Crippen molar-refractivity contribution >= 4 is 11.0 Å². The number of nitrogens with one attached hydrogen (secondary N) is 1. The van der Waals surface area contributed by atoms with E-state index in [0.717, 1.165) is 53.9 Å². The van der Waals surface area contributed by atoms with E-state index in [1.807, 2.05) is 23.9 Å². The second-order valence-corrected chi connectivity index (χ2v) is 5.18. The van der Waals surface area contributed by atoms with Crippen LogP contribution in [0.25, 0.3) is 22.4 Å². The molecule has 3 rings (SSSR count). The molecule has 7 heteroatoms. The Morgan fingerprint density at radius 1 is 1.23 bits per heavy atom. The maximum absolute atomic E-state index is 8.53. The summed E-state index contributed by atoms with van der Waals surface area (Å²) in [6, 6.07) is 4.12. The van der Waals surface area contributed by atoms with Gasteiger partial charge in [-0.2, -0.15) is 5.26 Å². The molecule has 0 unspecified atom stereocenters. The number of hydrogen-bond donors (Lipinski definition) is 1. The lowest BCUT2D eigenvalue weighted by Crippen LogP contribution is -2.02. The zero-order valence-corrected chi connectivity index (χ0v) is 12.5. The Labute approximate surface area is 128 Å². The van der Waals surface area contributed by atoms with Gasteiger partial charge >= 0.3 is 0 Å². The van der Waals surface area contributed by atoms with E-state index in [9.17, 15) is 0 Å². The lowest BCUT2D eigenvalue weighted by molar-refractivity contribution is 0.523. The van der Waals surface area contributed by atoms with Crippen molar-refractivity contribution in [3.8, 4) is 17.5 Å². The molecule has 22 heavy (non-hydrogen) atoms. The third-order valence-electron chi connectivity index (χ3n) is 3.72. The molecule has 3 heterocycles. The molecule has 0 bridgehead atoms. The number of hydrogen-bond acceptors (Lipinski definition) is 5. The fourth-order valence-corrected chi connectivity index (χ4v) is 2.50. The number of fused-ring (bicyclic) bond motifs is 1. The van der Waals surface area contributed by atoms with E-state index in [4.69, 9.17) is 5.26 Å². The normalized spacial score (nSPS) is 10.9. The van der Waals surface area contributed by atoms with E-state index in [1.165, 1.54) is 6.33 Å². The van der Waals surface area contributed by atoms with Crippen molar-refractivity contribution in [3.05, 3.63) is 24.3 Å². The summed E-state index contributed by atoms with van der Waals surface area (Å²) in [6.07, 6.45) is 6.96. The summed E-state index contributed by atoms with van der Waals surface area (Å²) in [5, 5.41) is 18.0. The second kappa shape index (κ2) is 6.35. The fourth-order valence-electron chi connectivity index (χ4n) is 2.50. The van der Waals surface area contributed by atoms with Gasteiger partial charge in [-0.25, -0.2) is 14.6 Å².